The molecule has 0 aliphatic carbocycles. The van der Waals surface area contributed by atoms with Crippen molar-refractivity contribution in [3.05, 3.63) is 47.3 Å². The Kier molecular flexibility index (Phi) is 4.86. The number of terminal acetylenes is 1. The molecule has 0 bridgehead atoms. The van der Waals surface area contributed by atoms with Gasteiger partial charge in [0.05, 0.1) is 28.9 Å². The maximum atomic E-state index is 12.2. The van der Waals surface area contributed by atoms with Gasteiger partial charge in [-0.05, 0) is 25.5 Å². The monoisotopic (exact) mass is 331 g/mol. The molecule has 1 aromatic heterocycles. The van der Waals surface area contributed by atoms with E-state index in [0.29, 0.717) is 5.69 Å². The third-order valence-electron chi connectivity index (χ3n) is 3.36. The number of nitrogens with zero attached hydrogens (tertiary/aromatic N) is 2. The van der Waals surface area contributed by atoms with E-state index in [1.54, 1.807) is 11.6 Å². The van der Waals surface area contributed by atoms with Crippen LogP contribution in [0.15, 0.2) is 30.5 Å². The zero-order valence-electron chi connectivity index (χ0n) is 12.9. The van der Waals surface area contributed by atoms with E-state index < -0.39 is 15.9 Å². The van der Waals surface area contributed by atoms with Gasteiger partial charge in [0.15, 0.2) is 0 Å². The van der Waals surface area contributed by atoms with Gasteiger partial charge < -0.3 is 0 Å². The van der Waals surface area contributed by atoms with Crippen LogP contribution in [0.3, 0.4) is 0 Å². The van der Waals surface area contributed by atoms with Gasteiger partial charge in [-0.2, -0.15) is 5.10 Å². The molecule has 0 saturated heterocycles. The van der Waals surface area contributed by atoms with Crippen molar-refractivity contribution in [1.29, 1.82) is 0 Å². The minimum absolute atomic E-state index is 0.0457. The summed E-state index contributed by atoms with van der Waals surface area (Å²) in [6.07, 6.45) is 6.44. The molecule has 0 radical (unpaired) electrons. The molecule has 1 aromatic carbocycles. The Morgan fingerprint density at radius 3 is 2.70 bits per heavy atom. The number of carbonyl (C=O) groups is 1. The van der Waals surface area contributed by atoms with Crippen LogP contribution in [0.5, 0.6) is 0 Å². The van der Waals surface area contributed by atoms with E-state index >= 15 is 0 Å². The smallest absolute Gasteiger partial charge is 0.268 e. The fourth-order valence-electron chi connectivity index (χ4n) is 2.12. The zero-order valence-corrected chi connectivity index (χ0v) is 13.7. The molecular weight excluding hydrogens is 314 g/mol. The lowest BCUT2D eigenvalue weighted by Crippen LogP contribution is -2.32. The first kappa shape index (κ1) is 16.8. The van der Waals surface area contributed by atoms with Gasteiger partial charge in [-0.1, -0.05) is 18.2 Å². The van der Waals surface area contributed by atoms with E-state index in [2.05, 4.69) is 11.0 Å². The molecule has 1 N–H and O–H groups in total. The van der Waals surface area contributed by atoms with Crippen molar-refractivity contribution in [3.63, 3.8) is 0 Å². The van der Waals surface area contributed by atoms with E-state index in [1.165, 1.54) is 6.20 Å². The molecule has 2 aromatic rings. The Balaban J connectivity index is 2.28. The van der Waals surface area contributed by atoms with Crippen LogP contribution in [-0.4, -0.2) is 29.9 Å². The quantitative estimate of drug-likeness (QED) is 0.843. The van der Waals surface area contributed by atoms with Crippen LogP contribution in [0.25, 0.3) is 5.69 Å². The molecule has 0 fully saturated rings. The van der Waals surface area contributed by atoms with Crippen molar-refractivity contribution in [2.75, 3.05) is 5.75 Å². The second-order valence-electron chi connectivity index (χ2n) is 5.05. The Bertz CT molecular complexity index is 876. The van der Waals surface area contributed by atoms with Gasteiger partial charge in [0, 0.05) is 6.42 Å². The predicted octanol–water partition coefficient (Wildman–Crippen LogP) is 1.57. The second kappa shape index (κ2) is 6.67. The molecule has 0 unspecified atom stereocenters. The van der Waals surface area contributed by atoms with E-state index in [0.717, 1.165) is 11.3 Å². The van der Waals surface area contributed by atoms with E-state index in [1.807, 2.05) is 35.9 Å². The number of nitrogens with one attached hydrogen (secondary N) is 1. The van der Waals surface area contributed by atoms with Crippen molar-refractivity contribution < 1.29 is 13.2 Å². The summed E-state index contributed by atoms with van der Waals surface area (Å²) in [5, 5.41) is 4.19. The molecular formula is C16H17N3O3S. The molecule has 0 aliphatic heterocycles. The molecule has 7 heteroatoms. The Morgan fingerprint density at radius 1 is 1.35 bits per heavy atom. The highest BCUT2D eigenvalue weighted by molar-refractivity contribution is 7.90. The largest absolute Gasteiger partial charge is 0.268 e. The van der Waals surface area contributed by atoms with Gasteiger partial charge in [0.25, 0.3) is 5.91 Å². The summed E-state index contributed by atoms with van der Waals surface area (Å²) in [5.41, 5.74) is 2.59. The summed E-state index contributed by atoms with van der Waals surface area (Å²) in [5.74, 6) is 1.23. The van der Waals surface area contributed by atoms with Crippen LogP contribution >= 0.6 is 0 Å². The second-order valence-corrected chi connectivity index (χ2v) is 6.89. The van der Waals surface area contributed by atoms with Gasteiger partial charge in [-0.15, -0.1) is 12.3 Å². The van der Waals surface area contributed by atoms with E-state index in [-0.39, 0.29) is 17.7 Å². The van der Waals surface area contributed by atoms with Gasteiger partial charge in [0.1, 0.15) is 0 Å². The van der Waals surface area contributed by atoms with Gasteiger partial charge in [-0.3, -0.25) is 4.79 Å². The Labute approximate surface area is 135 Å². The maximum absolute atomic E-state index is 12.2. The van der Waals surface area contributed by atoms with Crippen molar-refractivity contribution in [3.8, 4) is 18.0 Å². The van der Waals surface area contributed by atoms with Crippen molar-refractivity contribution in [1.82, 2.24) is 14.5 Å². The molecule has 0 aliphatic rings. The van der Waals surface area contributed by atoms with Crippen LogP contribution in [0.2, 0.25) is 0 Å². The number of amides is 1. The molecule has 1 amide bonds. The fraction of sp³-hybridized carbons (Fsp3) is 0.250. The SMILES string of the molecule is C#CCCS(=O)(=O)NC(=O)c1cnn(-c2ccccc2C)c1C. The molecule has 1 heterocycles. The standard InChI is InChI=1S/C16H17N3O3S/c1-4-5-10-23(21,22)18-16(20)14-11-17-19(13(14)3)15-9-7-6-8-12(15)2/h1,6-9,11H,5,10H2,2-3H3,(H,18,20). The number of aromatic nitrogens is 2. The van der Waals surface area contributed by atoms with Gasteiger partial charge in [0.2, 0.25) is 10.0 Å². The van der Waals surface area contributed by atoms with Crippen LogP contribution in [0.4, 0.5) is 0 Å². The minimum atomic E-state index is -3.75. The normalized spacial score (nSPS) is 11.0. The topological polar surface area (TPSA) is 81.1 Å². The number of benzene rings is 1. The highest BCUT2D eigenvalue weighted by atomic mass is 32.2. The van der Waals surface area contributed by atoms with Crippen molar-refractivity contribution in [2.45, 2.75) is 20.3 Å². The molecule has 120 valence electrons. The zero-order chi connectivity index (χ0) is 17.0. The first-order valence-corrected chi connectivity index (χ1v) is 8.60. The molecule has 2 rings (SSSR count). The number of hydrogen-bond donors (Lipinski definition) is 1. The first-order chi connectivity index (χ1) is 10.9. The first-order valence-electron chi connectivity index (χ1n) is 6.94. The van der Waals surface area contributed by atoms with Crippen LogP contribution in [0.1, 0.15) is 28.0 Å². The highest BCUT2D eigenvalue weighted by Crippen LogP contribution is 2.17. The van der Waals surface area contributed by atoms with E-state index in [4.69, 9.17) is 6.42 Å². The van der Waals surface area contributed by atoms with E-state index in [9.17, 15) is 13.2 Å². The van der Waals surface area contributed by atoms with Gasteiger partial charge in [-0.25, -0.2) is 17.8 Å². The Morgan fingerprint density at radius 2 is 2.04 bits per heavy atom. The molecule has 0 spiro atoms. The maximum Gasteiger partial charge on any atom is 0.268 e. The number of sulfonamides is 1. The third-order valence-corrected chi connectivity index (χ3v) is 4.60. The average molecular weight is 331 g/mol. The number of rotatable bonds is 5. The van der Waals surface area contributed by atoms with Gasteiger partial charge >= 0.3 is 0 Å². The number of hydrogen-bond acceptors (Lipinski definition) is 4. The number of para-hydroxylation sites is 1. The highest BCUT2D eigenvalue weighted by Gasteiger charge is 2.20. The molecule has 0 saturated carbocycles. The summed E-state index contributed by atoms with van der Waals surface area (Å²) in [6, 6.07) is 7.58. The van der Waals surface area contributed by atoms with Crippen LogP contribution < -0.4 is 4.72 Å². The van der Waals surface area contributed by atoms with Crippen molar-refractivity contribution in [2.24, 2.45) is 0 Å². The summed E-state index contributed by atoms with van der Waals surface area (Å²) in [7, 11) is -3.75. The third kappa shape index (κ3) is 3.79. The molecule has 23 heavy (non-hydrogen) atoms. The lowest BCUT2D eigenvalue weighted by molar-refractivity contribution is 0.0981. The van der Waals surface area contributed by atoms with Crippen LogP contribution in [0, 0.1) is 26.2 Å². The number of aryl methyl sites for hydroxylation is 1. The Hall–Kier alpha value is -2.59. The number of carbonyl (C=O) groups excluding carboxylic acids is 1. The summed E-state index contributed by atoms with van der Waals surface area (Å²) < 4.78 is 27.1. The molecule has 6 nitrogen and oxygen atoms in total. The minimum Gasteiger partial charge on any atom is -0.268 e. The van der Waals surface area contributed by atoms with Crippen molar-refractivity contribution >= 4 is 15.9 Å². The molecule has 0 atom stereocenters. The summed E-state index contributed by atoms with van der Waals surface area (Å²) in [6.45, 7) is 3.64. The lowest BCUT2D eigenvalue weighted by Gasteiger charge is -2.09. The summed E-state index contributed by atoms with van der Waals surface area (Å²) in [4.78, 5) is 12.2. The average Bonchev–Trinajstić information content (AvgIpc) is 2.87. The summed E-state index contributed by atoms with van der Waals surface area (Å²) >= 11 is 0. The lowest BCUT2D eigenvalue weighted by atomic mass is 10.2. The fourth-order valence-corrected chi connectivity index (χ4v) is 3.00. The van der Waals surface area contributed by atoms with Crippen LogP contribution in [-0.2, 0) is 10.0 Å². The predicted molar refractivity (Wildman–Crippen MR) is 87.7 cm³/mol.